The molecule has 1 aromatic carbocycles. The van der Waals surface area contributed by atoms with Crippen LogP contribution in [0, 0.1) is 6.92 Å². The van der Waals surface area contributed by atoms with Crippen LogP contribution < -0.4 is 0 Å². The van der Waals surface area contributed by atoms with Crippen molar-refractivity contribution in [2.24, 2.45) is 0 Å². The fourth-order valence-electron chi connectivity index (χ4n) is 2.14. The van der Waals surface area contributed by atoms with Gasteiger partial charge in [0.1, 0.15) is 0 Å². The van der Waals surface area contributed by atoms with Crippen molar-refractivity contribution in [2.75, 3.05) is 6.26 Å². The van der Waals surface area contributed by atoms with Crippen LogP contribution in [0.1, 0.15) is 43.4 Å². The quantitative estimate of drug-likeness (QED) is 0.705. The molecule has 102 valence electrons. The summed E-state index contributed by atoms with van der Waals surface area (Å²) in [6.45, 7) is 8.42. The van der Waals surface area contributed by atoms with Crippen LogP contribution in [0.3, 0.4) is 0 Å². The highest BCUT2D eigenvalue weighted by atomic mass is 32.2. The third-order valence-electron chi connectivity index (χ3n) is 3.12. The third-order valence-corrected chi connectivity index (χ3v) is 3.84. The SMILES string of the molecule is CC.CSc1ncccc1C(C)c1ccccc1C. The topological polar surface area (TPSA) is 12.9 Å². The van der Waals surface area contributed by atoms with Crippen molar-refractivity contribution in [1.29, 1.82) is 0 Å². The second kappa shape index (κ2) is 8.00. The van der Waals surface area contributed by atoms with E-state index < -0.39 is 0 Å². The lowest BCUT2D eigenvalue weighted by Gasteiger charge is -2.17. The summed E-state index contributed by atoms with van der Waals surface area (Å²) in [5, 5.41) is 1.13. The van der Waals surface area contributed by atoms with Gasteiger partial charge in [-0.25, -0.2) is 4.98 Å². The number of aromatic nitrogens is 1. The van der Waals surface area contributed by atoms with Gasteiger partial charge in [-0.1, -0.05) is 51.1 Å². The van der Waals surface area contributed by atoms with E-state index in [1.54, 1.807) is 11.8 Å². The minimum Gasteiger partial charge on any atom is -0.250 e. The summed E-state index contributed by atoms with van der Waals surface area (Å²) in [5.74, 6) is 0.396. The highest BCUT2D eigenvalue weighted by molar-refractivity contribution is 7.98. The fraction of sp³-hybridized carbons (Fsp3) is 0.353. The summed E-state index contributed by atoms with van der Waals surface area (Å²) >= 11 is 1.71. The van der Waals surface area contributed by atoms with E-state index in [-0.39, 0.29) is 0 Å². The van der Waals surface area contributed by atoms with Crippen molar-refractivity contribution < 1.29 is 0 Å². The molecule has 1 unspecified atom stereocenters. The van der Waals surface area contributed by atoms with Gasteiger partial charge in [-0.05, 0) is 35.9 Å². The van der Waals surface area contributed by atoms with Gasteiger partial charge in [0.15, 0.2) is 0 Å². The van der Waals surface area contributed by atoms with Gasteiger partial charge < -0.3 is 0 Å². The molecule has 0 saturated carbocycles. The first-order valence-electron chi connectivity index (χ1n) is 6.78. The van der Waals surface area contributed by atoms with Crippen molar-refractivity contribution >= 4 is 11.8 Å². The van der Waals surface area contributed by atoms with Crippen LogP contribution in [0.2, 0.25) is 0 Å². The summed E-state index contributed by atoms with van der Waals surface area (Å²) in [6.07, 6.45) is 3.94. The molecule has 0 aliphatic rings. The van der Waals surface area contributed by atoms with Gasteiger partial charge in [0.2, 0.25) is 0 Å². The monoisotopic (exact) mass is 273 g/mol. The average Bonchev–Trinajstić information content (AvgIpc) is 2.49. The number of hydrogen-bond donors (Lipinski definition) is 0. The molecule has 1 atom stereocenters. The zero-order valence-corrected chi connectivity index (χ0v) is 13.3. The van der Waals surface area contributed by atoms with Crippen LogP contribution >= 0.6 is 11.8 Å². The van der Waals surface area contributed by atoms with Crippen molar-refractivity contribution in [3.8, 4) is 0 Å². The Kier molecular flexibility index (Phi) is 6.65. The van der Waals surface area contributed by atoms with Gasteiger partial charge in [0.25, 0.3) is 0 Å². The van der Waals surface area contributed by atoms with E-state index in [9.17, 15) is 0 Å². The maximum Gasteiger partial charge on any atom is 0.0995 e. The number of hydrogen-bond acceptors (Lipinski definition) is 2. The summed E-state index contributed by atoms with van der Waals surface area (Å²) < 4.78 is 0. The lowest BCUT2D eigenvalue weighted by atomic mass is 9.91. The Labute approximate surface area is 121 Å². The smallest absolute Gasteiger partial charge is 0.0995 e. The maximum atomic E-state index is 4.44. The van der Waals surface area contributed by atoms with Crippen LogP contribution in [0.5, 0.6) is 0 Å². The lowest BCUT2D eigenvalue weighted by Crippen LogP contribution is -2.01. The Hall–Kier alpha value is -1.28. The largest absolute Gasteiger partial charge is 0.250 e. The zero-order valence-electron chi connectivity index (χ0n) is 12.5. The van der Waals surface area contributed by atoms with E-state index in [1.807, 2.05) is 26.1 Å². The second-order valence-electron chi connectivity index (χ2n) is 4.18. The first kappa shape index (κ1) is 15.8. The maximum absolute atomic E-state index is 4.44. The highest BCUT2D eigenvalue weighted by Gasteiger charge is 2.14. The summed E-state index contributed by atoms with van der Waals surface area (Å²) in [6, 6.07) is 12.8. The molecule has 0 fully saturated rings. The Morgan fingerprint density at radius 1 is 1.00 bits per heavy atom. The Bertz CT molecular complexity index is 508. The fourth-order valence-corrected chi connectivity index (χ4v) is 2.79. The Morgan fingerprint density at radius 3 is 2.26 bits per heavy atom. The van der Waals surface area contributed by atoms with E-state index in [0.717, 1.165) is 5.03 Å². The standard InChI is InChI=1S/C15H17NS.C2H6/c1-11-7-4-5-8-13(11)12(2)14-9-6-10-16-15(14)17-3;1-2/h4-10,12H,1-3H3;1-2H3. The minimum atomic E-state index is 0.396. The molecular formula is C17H23NS. The van der Waals surface area contributed by atoms with Crippen LogP contribution in [-0.2, 0) is 0 Å². The van der Waals surface area contributed by atoms with Gasteiger partial charge in [-0.2, -0.15) is 0 Å². The van der Waals surface area contributed by atoms with Crippen molar-refractivity contribution in [3.05, 3.63) is 59.3 Å². The molecule has 0 aliphatic carbocycles. The van der Waals surface area contributed by atoms with Gasteiger partial charge in [0.05, 0.1) is 5.03 Å². The number of nitrogens with zero attached hydrogens (tertiary/aromatic N) is 1. The van der Waals surface area contributed by atoms with Crippen molar-refractivity contribution in [2.45, 2.75) is 38.6 Å². The number of thioether (sulfide) groups is 1. The number of aryl methyl sites for hydroxylation is 1. The molecule has 0 bridgehead atoms. The van der Waals surface area contributed by atoms with Crippen LogP contribution in [0.25, 0.3) is 0 Å². The van der Waals surface area contributed by atoms with Crippen molar-refractivity contribution in [3.63, 3.8) is 0 Å². The van der Waals surface area contributed by atoms with E-state index in [0.29, 0.717) is 5.92 Å². The predicted octanol–water partition coefficient (Wildman–Crippen LogP) is 5.29. The molecule has 0 saturated heterocycles. The van der Waals surface area contributed by atoms with Gasteiger partial charge >= 0.3 is 0 Å². The molecular weight excluding hydrogens is 250 g/mol. The molecule has 2 rings (SSSR count). The average molecular weight is 273 g/mol. The van der Waals surface area contributed by atoms with E-state index in [2.05, 4.69) is 55.4 Å². The van der Waals surface area contributed by atoms with E-state index in [4.69, 9.17) is 0 Å². The first-order chi connectivity index (χ1) is 9.24. The van der Waals surface area contributed by atoms with Crippen LogP contribution in [-0.4, -0.2) is 11.2 Å². The third kappa shape index (κ3) is 3.84. The molecule has 0 radical (unpaired) electrons. The molecule has 0 amide bonds. The summed E-state index contributed by atoms with van der Waals surface area (Å²) in [5.41, 5.74) is 4.04. The predicted molar refractivity (Wildman–Crippen MR) is 86.1 cm³/mol. The minimum absolute atomic E-state index is 0.396. The van der Waals surface area contributed by atoms with Gasteiger partial charge in [0, 0.05) is 12.1 Å². The first-order valence-corrected chi connectivity index (χ1v) is 8.01. The summed E-state index contributed by atoms with van der Waals surface area (Å²) in [7, 11) is 0. The number of benzene rings is 1. The molecule has 0 aliphatic heterocycles. The van der Waals surface area contributed by atoms with Crippen LogP contribution in [0.4, 0.5) is 0 Å². The van der Waals surface area contributed by atoms with Gasteiger partial charge in [-0.15, -0.1) is 11.8 Å². The van der Waals surface area contributed by atoms with E-state index in [1.165, 1.54) is 16.7 Å². The second-order valence-corrected chi connectivity index (χ2v) is 4.98. The molecule has 1 aromatic heterocycles. The van der Waals surface area contributed by atoms with Crippen LogP contribution in [0.15, 0.2) is 47.6 Å². The zero-order chi connectivity index (χ0) is 14.3. The lowest BCUT2D eigenvalue weighted by molar-refractivity contribution is 0.856. The molecule has 2 heteroatoms. The Balaban J connectivity index is 0.000000861. The number of rotatable bonds is 3. The molecule has 1 nitrogen and oxygen atoms in total. The van der Waals surface area contributed by atoms with E-state index >= 15 is 0 Å². The molecule has 19 heavy (non-hydrogen) atoms. The van der Waals surface area contributed by atoms with Crippen molar-refractivity contribution in [1.82, 2.24) is 4.98 Å². The molecule has 1 heterocycles. The molecule has 0 spiro atoms. The molecule has 2 aromatic rings. The number of pyridine rings is 1. The molecule has 0 N–H and O–H groups in total. The Morgan fingerprint density at radius 2 is 1.63 bits per heavy atom. The normalized spacial score (nSPS) is 11.4. The summed E-state index contributed by atoms with van der Waals surface area (Å²) in [4.78, 5) is 4.44. The highest BCUT2D eigenvalue weighted by Crippen LogP contribution is 2.31. The van der Waals surface area contributed by atoms with Gasteiger partial charge in [-0.3, -0.25) is 0 Å².